The minimum Gasteiger partial charge on any atom is -0.330 e. The maximum Gasteiger partial charge on any atom is 0.0158 e. The Labute approximate surface area is 166 Å². The summed E-state index contributed by atoms with van der Waals surface area (Å²) >= 11 is 0. The van der Waals surface area contributed by atoms with Gasteiger partial charge in [-0.15, -0.1) is 0 Å². The Hall–Kier alpha value is -0.0800. The fraction of sp³-hybridized carbons (Fsp3) is 1.00. The summed E-state index contributed by atoms with van der Waals surface area (Å²) in [4.78, 5) is 0. The number of nitrogens with two attached hydrogens (primary N) is 1. The van der Waals surface area contributed by atoms with Crippen LogP contribution in [0.15, 0.2) is 0 Å². The van der Waals surface area contributed by atoms with Gasteiger partial charge in [0, 0.05) is 11.1 Å². The molecular formula is C24H52N2. The van der Waals surface area contributed by atoms with E-state index in [4.69, 9.17) is 5.73 Å². The zero-order chi connectivity index (χ0) is 20.1. The van der Waals surface area contributed by atoms with Gasteiger partial charge in [-0.25, -0.2) is 0 Å². The lowest BCUT2D eigenvalue weighted by Crippen LogP contribution is -2.55. The molecule has 0 rings (SSSR count). The molecule has 0 unspecified atom stereocenters. The summed E-state index contributed by atoms with van der Waals surface area (Å²) in [6.07, 6.45) is 17.4. The van der Waals surface area contributed by atoms with Crippen LogP contribution in [0.2, 0.25) is 0 Å². The minimum atomic E-state index is 0.129. The van der Waals surface area contributed by atoms with Crippen LogP contribution in [0, 0.1) is 5.41 Å². The Balaban J connectivity index is 4.71. The largest absolute Gasteiger partial charge is 0.330 e. The minimum absolute atomic E-state index is 0.129. The highest BCUT2D eigenvalue weighted by molar-refractivity contribution is 4.94. The van der Waals surface area contributed by atoms with Crippen molar-refractivity contribution in [2.24, 2.45) is 11.1 Å². The van der Waals surface area contributed by atoms with E-state index in [0.717, 1.165) is 13.0 Å². The van der Waals surface area contributed by atoms with Gasteiger partial charge in [0.25, 0.3) is 0 Å². The highest BCUT2D eigenvalue weighted by Gasteiger charge is 2.34. The zero-order valence-electron chi connectivity index (χ0n) is 19.5. The lowest BCUT2D eigenvalue weighted by atomic mass is 9.77. The van der Waals surface area contributed by atoms with Gasteiger partial charge in [0.05, 0.1) is 0 Å². The predicted octanol–water partition coefficient (Wildman–Crippen LogP) is 7.21. The number of rotatable bonds is 17. The van der Waals surface area contributed by atoms with E-state index in [0.29, 0.717) is 0 Å². The van der Waals surface area contributed by atoms with Gasteiger partial charge in [0.15, 0.2) is 0 Å². The van der Waals surface area contributed by atoms with Crippen molar-refractivity contribution in [2.45, 2.75) is 143 Å². The summed E-state index contributed by atoms with van der Waals surface area (Å²) in [7, 11) is 0. The van der Waals surface area contributed by atoms with Crippen molar-refractivity contribution in [3.8, 4) is 0 Å². The Morgan fingerprint density at radius 3 is 1.46 bits per heavy atom. The van der Waals surface area contributed by atoms with Gasteiger partial charge in [-0.1, -0.05) is 91.9 Å². The van der Waals surface area contributed by atoms with Crippen LogP contribution in [0.25, 0.3) is 0 Å². The standard InChI is InChI=1S/C24H52N2/c1-8-10-12-14-16-18-24(7,19-17-15-13-11-9-2)26-23(5,6)20-22(3,4)21-25/h26H,8-21,25H2,1-7H3. The average Bonchev–Trinajstić information content (AvgIpc) is 2.53. The summed E-state index contributed by atoms with van der Waals surface area (Å²) in [5, 5.41) is 4.09. The third-order valence-electron chi connectivity index (χ3n) is 5.78. The maximum absolute atomic E-state index is 6.00. The van der Waals surface area contributed by atoms with E-state index in [1.165, 1.54) is 77.0 Å². The van der Waals surface area contributed by atoms with E-state index in [2.05, 4.69) is 53.8 Å². The van der Waals surface area contributed by atoms with Gasteiger partial charge in [0.1, 0.15) is 0 Å². The lowest BCUT2D eigenvalue weighted by molar-refractivity contribution is 0.157. The van der Waals surface area contributed by atoms with Crippen molar-refractivity contribution in [3.05, 3.63) is 0 Å². The summed E-state index contributed by atoms with van der Waals surface area (Å²) in [5.74, 6) is 0. The second-order valence-corrected chi connectivity index (χ2v) is 10.4. The van der Waals surface area contributed by atoms with Gasteiger partial charge in [-0.05, 0) is 52.0 Å². The molecule has 26 heavy (non-hydrogen) atoms. The first-order valence-corrected chi connectivity index (χ1v) is 11.6. The SMILES string of the molecule is CCCCCCCC(C)(CCCCCCC)NC(C)(C)CC(C)(C)CN. The van der Waals surface area contributed by atoms with E-state index in [9.17, 15) is 0 Å². The van der Waals surface area contributed by atoms with E-state index in [-0.39, 0.29) is 16.5 Å². The topological polar surface area (TPSA) is 38.0 Å². The van der Waals surface area contributed by atoms with Gasteiger partial charge in [0.2, 0.25) is 0 Å². The molecule has 0 spiro atoms. The number of hydrogen-bond donors (Lipinski definition) is 2. The Bertz CT molecular complexity index is 319. The quantitative estimate of drug-likeness (QED) is 0.266. The van der Waals surface area contributed by atoms with Crippen LogP contribution in [0.5, 0.6) is 0 Å². The molecule has 0 heterocycles. The molecule has 0 aliphatic heterocycles. The Morgan fingerprint density at radius 1 is 0.654 bits per heavy atom. The molecule has 3 N–H and O–H groups in total. The molecule has 0 saturated heterocycles. The number of hydrogen-bond acceptors (Lipinski definition) is 2. The molecule has 2 nitrogen and oxygen atoms in total. The molecule has 0 aromatic rings. The molecule has 0 atom stereocenters. The Morgan fingerprint density at radius 2 is 1.08 bits per heavy atom. The Kier molecular flexibility index (Phi) is 13.1. The number of unbranched alkanes of at least 4 members (excludes halogenated alkanes) is 8. The van der Waals surface area contributed by atoms with Crippen LogP contribution in [-0.2, 0) is 0 Å². The fourth-order valence-electron chi connectivity index (χ4n) is 4.62. The third kappa shape index (κ3) is 13.1. The van der Waals surface area contributed by atoms with Gasteiger partial charge >= 0.3 is 0 Å². The van der Waals surface area contributed by atoms with Crippen LogP contribution in [0.1, 0.15) is 132 Å². The third-order valence-corrected chi connectivity index (χ3v) is 5.78. The van der Waals surface area contributed by atoms with E-state index < -0.39 is 0 Å². The predicted molar refractivity (Wildman–Crippen MR) is 120 cm³/mol. The van der Waals surface area contributed by atoms with E-state index in [1.807, 2.05) is 0 Å². The first-order chi connectivity index (χ1) is 12.1. The molecule has 2 heteroatoms. The summed E-state index contributed by atoms with van der Waals surface area (Å²) in [6, 6.07) is 0. The normalized spacial score (nSPS) is 13.4. The molecule has 0 bridgehead atoms. The molecule has 0 saturated carbocycles. The zero-order valence-corrected chi connectivity index (χ0v) is 19.5. The molecule has 158 valence electrons. The van der Waals surface area contributed by atoms with E-state index >= 15 is 0 Å². The molecule has 0 radical (unpaired) electrons. The molecule has 0 amide bonds. The summed E-state index contributed by atoms with van der Waals surface area (Å²) in [6.45, 7) is 17.2. The highest BCUT2D eigenvalue weighted by atomic mass is 15.0. The van der Waals surface area contributed by atoms with Crippen molar-refractivity contribution < 1.29 is 0 Å². The molecule has 0 aromatic heterocycles. The van der Waals surface area contributed by atoms with Gasteiger partial charge in [-0.2, -0.15) is 0 Å². The summed E-state index contributed by atoms with van der Waals surface area (Å²) in [5.41, 5.74) is 6.58. The average molecular weight is 369 g/mol. The first kappa shape index (κ1) is 25.9. The van der Waals surface area contributed by atoms with Crippen LogP contribution in [0.3, 0.4) is 0 Å². The monoisotopic (exact) mass is 368 g/mol. The maximum atomic E-state index is 6.00. The van der Waals surface area contributed by atoms with Crippen molar-refractivity contribution in [1.29, 1.82) is 0 Å². The second-order valence-electron chi connectivity index (χ2n) is 10.4. The smallest absolute Gasteiger partial charge is 0.0158 e. The molecule has 0 aromatic carbocycles. The molecule has 0 aliphatic carbocycles. The molecular weight excluding hydrogens is 316 g/mol. The van der Waals surface area contributed by atoms with E-state index in [1.54, 1.807) is 0 Å². The number of nitrogens with one attached hydrogen (secondary N) is 1. The van der Waals surface area contributed by atoms with Crippen molar-refractivity contribution in [2.75, 3.05) is 6.54 Å². The van der Waals surface area contributed by atoms with Crippen molar-refractivity contribution >= 4 is 0 Å². The lowest BCUT2D eigenvalue weighted by Gasteiger charge is -2.43. The first-order valence-electron chi connectivity index (χ1n) is 11.6. The second kappa shape index (κ2) is 13.2. The molecule has 0 fully saturated rings. The van der Waals surface area contributed by atoms with Crippen molar-refractivity contribution in [1.82, 2.24) is 5.32 Å². The van der Waals surface area contributed by atoms with Crippen molar-refractivity contribution in [3.63, 3.8) is 0 Å². The highest BCUT2D eigenvalue weighted by Crippen LogP contribution is 2.31. The van der Waals surface area contributed by atoms with Gasteiger partial charge < -0.3 is 11.1 Å². The van der Waals surface area contributed by atoms with Crippen LogP contribution in [0.4, 0.5) is 0 Å². The fourth-order valence-corrected chi connectivity index (χ4v) is 4.62. The molecule has 0 aliphatic rings. The van der Waals surface area contributed by atoms with Crippen LogP contribution >= 0.6 is 0 Å². The van der Waals surface area contributed by atoms with Crippen LogP contribution in [-0.4, -0.2) is 17.6 Å². The summed E-state index contributed by atoms with van der Waals surface area (Å²) < 4.78 is 0. The van der Waals surface area contributed by atoms with Crippen LogP contribution < -0.4 is 11.1 Å². The van der Waals surface area contributed by atoms with Gasteiger partial charge in [-0.3, -0.25) is 0 Å².